The van der Waals surface area contributed by atoms with Crippen LogP contribution in [0.25, 0.3) is 0 Å². The van der Waals surface area contributed by atoms with Crippen LogP contribution < -0.4 is 5.73 Å². The van der Waals surface area contributed by atoms with Gasteiger partial charge in [0, 0.05) is 19.2 Å². The molecule has 0 atom stereocenters. The second kappa shape index (κ2) is 5.76. The summed E-state index contributed by atoms with van der Waals surface area (Å²) in [5.41, 5.74) is 6.24. The molecule has 0 aliphatic carbocycles. The molecule has 1 aromatic rings. The van der Waals surface area contributed by atoms with Crippen LogP contribution in [0, 0.1) is 11.3 Å². The van der Waals surface area contributed by atoms with Crippen molar-refractivity contribution in [2.45, 2.75) is 6.42 Å². The molecule has 0 saturated carbocycles. The Kier molecular flexibility index (Phi) is 4.62. The van der Waals surface area contributed by atoms with Gasteiger partial charge in [-0.3, -0.25) is 4.79 Å². The molecular formula is C11H11Cl2N3O. The molecule has 6 heteroatoms. The predicted octanol–water partition coefficient (Wildman–Crippen LogP) is 2.56. The van der Waals surface area contributed by atoms with Crippen LogP contribution in [0.3, 0.4) is 0 Å². The van der Waals surface area contributed by atoms with Crippen LogP contribution in [0.15, 0.2) is 12.1 Å². The first kappa shape index (κ1) is 13.6. The lowest BCUT2D eigenvalue weighted by molar-refractivity contribution is 0.0798. The van der Waals surface area contributed by atoms with Gasteiger partial charge >= 0.3 is 0 Å². The van der Waals surface area contributed by atoms with Gasteiger partial charge in [0.1, 0.15) is 0 Å². The molecule has 1 rings (SSSR count). The fourth-order valence-corrected chi connectivity index (χ4v) is 1.61. The number of nitrogens with zero attached hydrogens (tertiary/aromatic N) is 2. The quantitative estimate of drug-likeness (QED) is 0.859. The van der Waals surface area contributed by atoms with E-state index in [0.29, 0.717) is 12.1 Å². The molecular weight excluding hydrogens is 261 g/mol. The Morgan fingerprint density at radius 2 is 2.18 bits per heavy atom. The van der Waals surface area contributed by atoms with Gasteiger partial charge in [-0.25, -0.2) is 0 Å². The molecule has 0 spiro atoms. The lowest BCUT2D eigenvalue weighted by Crippen LogP contribution is -2.27. The first-order valence-electron chi connectivity index (χ1n) is 4.84. The largest absolute Gasteiger partial charge is 0.397 e. The minimum atomic E-state index is -0.245. The van der Waals surface area contributed by atoms with Crippen LogP contribution in [0.5, 0.6) is 0 Å². The number of anilines is 1. The van der Waals surface area contributed by atoms with Gasteiger partial charge in [0.25, 0.3) is 5.91 Å². The fourth-order valence-electron chi connectivity index (χ4n) is 1.27. The maximum atomic E-state index is 11.9. The van der Waals surface area contributed by atoms with E-state index in [0.717, 1.165) is 0 Å². The van der Waals surface area contributed by atoms with Crippen LogP contribution in [0.4, 0.5) is 5.69 Å². The molecule has 1 amide bonds. The first-order chi connectivity index (χ1) is 7.97. The van der Waals surface area contributed by atoms with Crippen LogP contribution in [0.1, 0.15) is 16.8 Å². The van der Waals surface area contributed by atoms with Gasteiger partial charge in [-0.15, -0.1) is 0 Å². The van der Waals surface area contributed by atoms with E-state index in [9.17, 15) is 4.79 Å². The number of carbonyl (C=O) groups is 1. The van der Waals surface area contributed by atoms with Crippen molar-refractivity contribution in [1.29, 1.82) is 5.26 Å². The Morgan fingerprint density at radius 1 is 1.53 bits per heavy atom. The lowest BCUT2D eigenvalue weighted by atomic mass is 10.1. The molecule has 2 N–H and O–H groups in total. The van der Waals surface area contributed by atoms with Gasteiger partial charge in [-0.1, -0.05) is 23.2 Å². The molecule has 0 unspecified atom stereocenters. The van der Waals surface area contributed by atoms with Crippen molar-refractivity contribution >= 4 is 34.8 Å². The van der Waals surface area contributed by atoms with E-state index < -0.39 is 0 Å². The van der Waals surface area contributed by atoms with Crippen molar-refractivity contribution in [1.82, 2.24) is 4.90 Å². The van der Waals surface area contributed by atoms with Crippen molar-refractivity contribution in [2.24, 2.45) is 0 Å². The zero-order valence-corrected chi connectivity index (χ0v) is 10.7. The summed E-state index contributed by atoms with van der Waals surface area (Å²) in [6.07, 6.45) is 0.277. The number of hydrogen-bond donors (Lipinski definition) is 1. The predicted molar refractivity (Wildman–Crippen MR) is 68.1 cm³/mol. The highest BCUT2D eigenvalue weighted by molar-refractivity contribution is 6.43. The van der Waals surface area contributed by atoms with Gasteiger partial charge in [-0.2, -0.15) is 5.26 Å². The monoisotopic (exact) mass is 271 g/mol. The Balaban J connectivity index is 2.94. The van der Waals surface area contributed by atoms with Crippen molar-refractivity contribution in [3.05, 3.63) is 27.7 Å². The third-order valence-electron chi connectivity index (χ3n) is 2.21. The maximum absolute atomic E-state index is 11.9. The van der Waals surface area contributed by atoms with E-state index in [2.05, 4.69) is 0 Å². The standard InChI is InChI=1S/C11H11Cl2N3O/c1-16(4-2-3-14)11(17)7-5-8(12)10(13)9(15)6-7/h5-6H,2,4,15H2,1H3. The highest BCUT2D eigenvalue weighted by atomic mass is 35.5. The average Bonchev–Trinajstić information content (AvgIpc) is 2.31. The minimum absolute atomic E-state index is 0.239. The molecule has 0 aliphatic heterocycles. The van der Waals surface area contributed by atoms with Crippen molar-refractivity contribution < 1.29 is 4.79 Å². The summed E-state index contributed by atoms with van der Waals surface area (Å²) in [5, 5.41) is 8.92. The number of rotatable bonds is 3. The summed E-state index contributed by atoms with van der Waals surface area (Å²) in [4.78, 5) is 13.4. The van der Waals surface area contributed by atoms with Crippen LogP contribution in [-0.4, -0.2) is 24.4 Å². The number of nitrogen functional groups attached to an aromatic ring is 1. The molecule has 0 fully saturated rings. The zero-order chi connectivity index (χ0) is 13.0. The van der Waals surface area contributed by atoms with E-state index in [1.54, 1.807) is 7.05 Å². The van der Waals surface area contributed by atoms with Gasteiger partial charge in [0.15, 0.2) is 0 Å². The van der Waals surface area contributed by atoms with Gasteiger partial charge in [-0.05, 0) is 12.1 Å². The number of amides is 1. The Bertz CT molecular complexity index is 459. The smallest absolute Gasteiger partial charge is 0.253 e. The van der Waals surface area contributed by atoms with Gasteiger partial charge in [0.2, 0.25) is 0 Å². The number of carbonyl (C=O) groups excluding carboxylic acids is 1. The zero-order valence-electron chi connectivity index (χ0n) is 9.20. The molecule has 90 valence electrons. The third-order valence-corrected chi connectivity index (χ3v) is 3.03. The van der Waals surface area contributed by atoms with Gasteiger partial charge in [0.05, 0.1) is 28.2 Å². The summed E-state index contributed by atoms with van der Waals surface area (Å²) in [5.74, 6) is -0.245. The molecule has 4 nitrogen and oxygen atoms in total. The third kappa shape index (κ3) is 3.26. The maximum Gasteiger partial charge on any atom is 0.253 e. The molecule has 0 aliphatic rings. The van der Waals surface area contributed by atoms with Gasteiger partial charge < -0.3 is 10.6 Å². The molecule has 1 aromatic carbocycles. The molecule has 0 saturated heterocycles. The van der Waals surface area contributed by atoms with Crippen LogP contribution >= 0.6 is 23.2 Å². The number of halogens is 2. The van der Waals surface area contributed by atoms with E-state index in [4.69, 9.17) is 34.2 Å². The Labute approximate surface area is 110 Å². The topological polar surface area (TPSA) is 70.1 Å². The van der Waals surface area contributed by atoms with Crippen molar-refractivity contribution in [2.75, 3.05) is 19.3 Å². The number of nitriles is 1. The second-order valence-electron chi connectivity index (χ2n) is 3.50. The second-order valence-corrected chi connectivity index (χ2v) is 4.28. The molecule has 17 heavy (non-hydrogen) atoms. The molecule has 0 radical (unpaired) electrons. The summed E-state index contributed by atoms with van der Waals surface area (Å²) in [6.45, 7) is 0.357. The van der Waals surface area contributed by atoms with E-state index in [1.807, 2.05) is 6.07 Å². The van der Waals surface area contributed by atoms with E-state index >= 15 is 0 Å². The summed E-state index contributed by atoms with van der Waals surface area (Å²) >= 11 is 11.6. The summed E-state index contributed by atoms with van der Waals surface area (Å²) in [7, 11) is 1.61. The average molecular weight is 272 g/mol. The Morgan fingerprint density at radius 3 is 2.71 bits per heavy atom. The Hall–Kier alpha value is -1.44. The van der Waals surface area contributed by atoms with Crippen LogP contribution in [0.2, 0.25) is 10.0 Å². The highest BCUT2D eigenvalue weighted by Crippen LogP contribution is 2.29. The van der Waals surface area contributed by atoms with Crippen molar-refractivity contribution in [3.8, 4) is 6.07 Å². The number of nitrogens with two attached hydrogens (primary N) is 1. The lowest BCUT2D eigenvalue weighted by Gasteiger charge is -2.16. The first-order valence-corrected chi connectivity index (χ1v) is 5.60. The van der Waals surface area contributed by atoms with E-state index in [1.165, 1.54) is 17.0 Å². The molecule has 0 heterocycles. The normalized spacial score (nSPS) is 9.76. The molecule has 0 aromatic heterocycles. The summed E-state index contributed by atoms with van der Waals surface area (Å²) < 4.78 is 0. The summed E-state index contributed by atoms with van der Waals surface area (Å²) in [6, 6.07) is 4.91. The SMILES string of the molecule is CN(CCC#N)C(=O)c1cc(N)c(Cl)c(Cl)c1. The highest BCUT2D eigenvalue weighted by Gasteiger charge is 2.14. The van der Waals surface area contributed by atoms with Crippen molar-refractivity contribution in [3.63, 3.8) is 0 Å². The number of benzene rings is 1. The fraction of sp³-hybridized carbons (Fsp3) is 0.273. The minimum Gasteiger partial charge on any atom is -0.397 e. The molecule has 0 bridgehead atoms. The van der Waals surface area contributed by atoms with Crippen LogP contribution in [-0.2, 0) is 0 Å². The number of hydrogen-bond acceptors (Lipinski definition) is 3. The van der Waals surface area contributed by atoms with E-state index in [-0.39, 0.29) is 28.1 Å².